The molecule has 2 aromatic heterocycles. The molecule has 28 heavy (non-hydrogen) atoms. The van der Waals surface area contributed by atoms with Gasteiger partial charge in [-0.25, -0.2) is 14.8 Å². The van der Waals surface area contributed by atoms with Crippen LogP contribution >= 0.6 is 11.6 Å². The number of hydrogen-bond donors (Lipinski definition) is 1. The minimum atomic E-state index is -0.994. The van der Waals surface area contributed by atoms with E-state index in [9.17, 15) is 9.90 Å². The van der Waals surface area contributed by atoms with E-state index in [2.05, 4.69) is 4.90 Å². The first-order valence-electron chi connectivity index (χ1n) is 8.99. The molecule has 0 fully saturated rings. The van der Waals surface area contributed by atoms with Crippen molar-refractivity contribution >= 4 is 45.4 Å². The predicted octanol–water partition coefficient (Wildman–Crippen LogP) is 5.24. The van der Waals surface area contributed by atoms with Crippen molar-refractivity contribution in [1.29, 1.82) is 0 Å². The van der Waals surface area contributed by atoms with Crippen molar-refractivity contribution in [3.63, 3.8) is 0 Å². The lowest BCUT2D eigenvalue weighted by molar-refractivity contribution is 0.0697. The van der Waals surface area contributed by atoms with Gasteiger partial charge in [0.2, 0.25) is 0 Å². The first-order chi connectivity index (χ1) is 13.5. The highest BCUT2D eigenvalue weighted by atomic mass is 35.5. The van der Waals surface area contributed by atoms with Crippen LogP contribution in [0.4, 0.5) is 5.82 Å². The molecule has 0 saturated carbocycles. The van der Waals surface area contributed by atoms with Crippen molar-refractivity contribution in [2.24, 2.45) is 0 Å². The topological polar surface area (TPSA) is 79.5 Å². The number of benzene rings is 2. The molecule has 0 aliphatic heterocycles. The maximum absolute atomic E-state index is 11.3. The summed E-state index contributed by atoms with van der Waals surface area (Å²) in [4.78, 5) is 22.9. The number of furan rings is 1. The monoisotopic (exact) mass is 395 g/mol. The summed E-state index contributed by atoms with van der Waals surface area (Å²) in [5.41, 5.74) is 2.61. The average molecular weight is 396 g/mol. The molecular weight excluding hydrogens is 378 g/mol. The Morgan fingerprint density at radius 1 is 1.07 bits per heavy atom. The van der Waals surface area contributed by atoms with Crippen LogP contribution in [0.5, 0.6) is 0 Å². The average Bonchev–Trinajstić information content (AvgIpc) is 3.10. The van der Waals surface area contributed by atoms with Crippen molar-refractivity contribution in [3.8, 4) is 11.5 Å². The van der Waals surface area contributed by atoms with Gasteiger partial charge in [0.15, 0.2) is 11.6 Å². The van der Waals surface area contributed by atoms with Gasteiger partial charge >= 0.3 is 5.97 Å². The van der Waals surface area contributed by atoms with Gasteiger partial charge in [-0.05, 0) is 50.2 Å². The van der Waals surface area contributed by atoms with Crippen molar-refractivity contribution in [3.05, 3.63) is 53.1 Å². The molecule has 0 aliphatic rings. The summed E-state index contributed by atoms with van der Waals surface area (Å²) in [6.45, 7) is 5.53. The van der Waals surface area contributed by atoms with E-state index in [1.165, 1.54) is 6.07 Å². The molecule has 0 saturated heterocycles. The second-order valence-electron chi connectivity index (χ2n) is 6.37. The van der Waals surface area contributed by atoms with E-state index < -0.39 is 5.97 Å². The number of carboxylic acids is 1. The van der Waals surface area contributed by atoms with E-state index >= 15 is 0 Å². The molecule has 0 radical (unpaired) electrons. The largest absolute Gasteiger partial charge is 0.478 e. The smallest absolute Gasteiger partial charge is 0.335 e. The van der Waals surface area contributed by atoms with Gasteiger partial charge in [0.05, 0.1) is 16.6 Å². The van der Waals surface area contributed by atoms with Crippen molar-refractivity contribution < 1.29 is 14.3 Å². The summed E-state index contributed by atoms with van der Waals surface area (Å²) in [5.74, 6) is 0.257. The Bertz CT molecular complexity index is 1200. The second-order valence-corrected chi connectivity index (χ2v) is 6.81. The van der Waals surface area contributed by atoms with Crippen LogP contribution in [-0.4, -0.2) is 34.1 Å². The second kappa shape index (κ2) is 7.13. The van der Waals surface area contributed by atoms with Gasteiger partial charge in [-0.15, -0.1) is 0 Å². The van der Waals surface area contributed by atoms with Crippen LogP contribution in [0, 0.1) is 0 Å². The van der Waals surface area contributed by atoms with Crippen LogP contribution in [-0.2, 0) is 0 Å². The molecule has 0 unspecified atom stereocenters. The van der Waals surface area contributed by atoms with Gasteiger partial charge in [0.1, 0.15) is 11.3 Å². The lowest BCUT2D eigenvalue weighted by atomic mass is 10.1. The van der Waals surface area contributed by atoms with E-state index in [1.54, 1.807) is 18.2 Å². The number of aromatic carboxylic acids is 1. The SMILES string of the molecule is CCN(CC)c1nc2cc(C(=O)O)ccc2nc1-c1cc2ccc(Cl)cc2o1. The molecule has 2 aromatic carbocycles. The minimum absolute atomic E-state index is 0.179. The van der Waals surface area contributed by atoms with Crippen LogP contribution < -0.4 is 4.90 Å². The Balaban J connectivity index is 1.97. The summed E-state index contributed by atoms with van der Waals surface area (Å²) < 4.78 is 6.02. The molecule has 7 heteroatoms. The summed E-state index contributed by atoms with van der Waals surface area (Å²) in [6, 6.07) is 12.1. The summed E-state index contributed by atoms with van der Waals surface area (Å²) in [5, 5.41) is 10.8. The lowest BCUT2D eigenvalue weighted by Gasteiger charge is -2.22. The van der Waals surface area contributed by atoms with E-state index in [0.717, 1.165) is 18.5 Å². The zero-order chi connectivity index (χ0) is 19.8. The molecule has 4 rings (SSSR count). The van der Waals surface area contributed by atoms with E-state index in [1.807, 2.05) is 32.0 Å². The molecule has 4 aromatic rings. The Morgan fingerprint density at radius 2 is 1.86 bits per heavy atom. The summed E-state index contributed by atoms with van der Waals surface area (Å²) in [6.07, 6.45) is 0. The molecule has 1 N–H and O–H groups in total. The molecule has 142 valence electrons. The van der Waals surface area contributed by atoms with Gasteiger partial charge < -0.3 is 14.4 Å². The highest BCUT2D eigenvalue weighted by molar-refractivity contribution is 6.31. The Labute approximate surface area is 166 Å². The van der Waals surface area contributed by atoms with Gasteiger partial charge in [-0.3, -0.25) is 0 Å². The minimum Gasteiger partial charge on any atom is -0.478 e. The normalized spacial score (nSPS) is 11.2. The van der Waals surface area contributed by atoms with Gasteiger partial charge in [0.25, 0.3) is 0 Å². The van der Waals surface area contributed by atoms with E-state index in [0.29, 0.717) is 38.9 Å². The fraction of sp³-hybridized carbons (Fsp3) is 0.190. The molecule has 0 spiro atoms. The molecule has 0 amide bonds. The molecular formula is C21H18ClN3O3. The Kier molecular flexibility index (Phi) is 4.65. The van der Waals surface area contributed by atoms with Crippen LogP contribution in [0.1, 0.15) is 24.2 Å². The molecule has 6 nitrogen and oxygen atoms in total. The summed E-state index contributed by atoms with van der Waals surface area (Å²) in [7, 11) is 0. The number of nitrogens with zero attached hydrogens (tertiary/aromatic N) is 3. The van der Waals surface area contributed by atoms with Crippen molar-refractivity contribution in [1.82, 2.24) is 9.97 Å². The van der Waals surface area contributed by atoms with Gasteiger partial charge in [0, 0.05) is 29.6 Å². The highest BCUT2D eigenvalue weighted by Crippen LogP contribution is 2.34. The molecule has 0 bridgehead atoms. The van der Waals surface area contributed by atoms with Crippen molar-refractivity contribution in [2.75, 3.05) is 18.0 Å². The highest BCUT2D eigenvalue weighted by Gasteiger charge is 2.19. The Hall–Kier alpha value is -3.12. The number of hydrogen-bond acceptors (Lipinski definition) is 5. The Morgan fingerprint density at radius 3 is 2.57 bits per heavy atom. The quantitative estimate of drug-likeness (QED) is 0.497. The lowest BCUT2D eigenvalue weighted by Crippen LogP contribution is -2.24. The third kappa shape index (κ3) is 3.16. The first-order valence-corrected chi connectivity index (χ1v) is 9.37. The number of fused-ring (bicyclic) bond motifs is 2. The number of aromatic nitrogens is 2. The number of carbonyl (C=O) groups is 1. The standard InChI is InChI=1S/C21H18ClN3O3/c1-3-25(4-2)20-19(18-10-12-5-7-14(22)11-17(12)28-18)23-15-8-6-13(21(26)27)9-16(15)24-20/h5-11H,3-4H2,1-2H3,(H,26,27). The number of anilines is 1. The van der Waals surface area contributed by atoms with Crippen LogP contribution in [0.15, 0.2) is 46.9 Å². The van der Waals surface area contributed by atoms with Gasteiger partial charge in [-0.1, -0.05) is 11.6 Å². The predicted molar refractivity (Wildman–Crippen MR) is 110 cm³/mol. The van der Waals surface area contributed by atoms with Crippen LogP contribution in [0.3, 0.4) is 0 Å². The zero-order valence-electron chi connectivity index (χ0n) is 15.4. The fourth-order valence-electron chi connectivity index (χ4n) is 3.21. The third-order valence-electron chi connectivity index (χ3n) is 4.67. The van der Waals surface area contributed by atoms with E-state index in [-0.39, 0.29) is 5.56 Å². The fourth-order valence-corrected chi connectivity index (χ4v) is 3.37. The molecule has 0 atom stereocenters. The number of halogens is 1. The maximum atomic E-state index is 11.3. The third-order valence-corrected chi connectivity index (χ3v) is 4.91. The zero-order valence-corrected chi connectivity index (χ0v) is 16.2. The molecule has 0 aliphatic carbocycles. The van der Waals surface area contributed by atoms with E-state index in [4.69, 9.17) is 26.0 Å². The summed E-state index contributed by atoms with van der Waals surface area (Å²) >= 11 is 6.07. The van der Waals surface area contributed by atoms with Crippen LogP contribution in [0.2, 0.25) is 5.02 Å². The number of rotatable bonds is 5. The maximum Gasteiger partial charge on any atom is 0.335 e. The molecule has 2 heterocycles. The van der Waals surface area contributed by atoms with Gasteiger partial charge in [-0.2, -0.15) is 0 Å². The van der Waals surface area contributed by atoms with Crippen LogP contribution in [0.25, 0.3) is 33.5 Å². The number of carboxylic acid groups (broad SMARTS) is 1. The first kappa shape index (κ1) is 18.3. The van der Waals surface area contributed by atoms with Crippen molar-refractivity contribution in [2.45, 2.75) is 13.8 Å².